The third-order valence-corrected chi connectivity index (χ3v) is 16.0. The second-order valence-electron chi connectivity index (χ2n) is 23.5. The number of aliphatic hydroxyl groups excluding tert-OH is 1. The first kappa shape index (κ1) is 71.2. The largest absolute Gasteiger partial charge is 0.472 e. The van der Waals surface area contributed by atoms with Crippen molar-refractivity contribution in [1.82, 2.24) is 5.32 Å². The van der Waals surface area contributed by atoms with Crippen LogP contribution in [-0.4, -0.2) is 73.4 Å². The van der Waals surface area contributed by atoms with Crippen molar-refractivity contribution in [3.05, 3.63) is 12.2 Å². The number of allylic oxidation sites excluding steroid dienone is 1. The minimum atomic E-state index is -4.35. The highest BCUT2D eigenvalue weighted by atomic mass is 31.2. The van der Waals surface area contributed by atoms with E-state index in [-0.39, 0.29) is 19.1 Å². The van der Waals surface area contributed by atoms with E-state index >= 15 is 0 Å². The predicted molar refractivity (Wildman–Crippen MR) is 314 cm³/mol. The van der Waals surface area contributed by atoms with Gasteiger partial charge in [0.05, 0.1) is 39.9 Å². The zero-order chi connectivity index (χ0) is 52.7. The van der Waals surface area contributed by atoms with Crippen LogP contribution in [0.4, 0.5) is 0 Å². The van der Waals surface area contributed by atoms with Crippen molar-refractivity contribution < 1.29 is 32.9 Å². The van der Waals surface area contributed by atoms with Gasteiger partial charge in [-0.2, -0.15) is 0 Å². The number of aliphatic hydroxyl groups is 1. The maximum Gasteiger partial charge on any atom is 0.472 e. The monoisotopic (exact) mass is 1040 g/mol. The van der Waals surface area contributed by atoms with Gasteiger partial charge in [-0.3, -0.25) is 13.8 Å². The summed E-state index contributed by atoms with van der Waals surface area (Å²) in [5.41, 5.74) is 0. The van der Waals surface area contributed by atoms with Crippen molar-refractivity contribution in [3.63, 3.8) is 0 Å². The molecule has 3 N–H and O–H groups in total. The minimum absolute atomic E-state index is 0.0654. The van der Waals surface area contributed by atoms with Gasteiger partial charge >= 0.3 is 7.82 Å². The van der Waals surface area contributed by atoms with Crippen LogP contribution < -0.4 is 5.32 Å². The van der Waals surface area contributed by atoms with Crippen LogP contribution in [0.3, 0.4) is 0 Å². The van der Waals surface area contributed by atoms with Crippen molar-refractivity contribution in [2.24, 2.45) is 0 Å². The summed E-state index contributed by atoms with van der Waals surface area (Å²) in [6.07, 6.45) is 69.0. The topological polar surface area (TPSA) is 105 Å². The third kappa shape index (κ3) is 57.0. The number of nitrogens with zero attached hydrogens (tertiary/aromatic N) is 1. The summed E-state index contributed by atoms with van der Waals surface area (Å²) in [5.74, 6) is -0.168. The number of rotatable bonds is 60. The summed E-state index contributed by atoms with van der Waals surface area (Å²) < 4.78 is 23.8. The number of carbonyl (C=O) groups excluding carboxylic acids is 1. The SMILES string of the molecule is CCCCCCCCCCCCCCCCCCCCCCCCCC/C=C/C(O)C(COP(=O)(O)OCC[N+](C)(C)C)NC(=O)CCCCCCCCCCCCCCCCCCCCCCCCCC. The van der Waals surface area contributed by atoms with Crippen molar-refractivity contribution in [2.75, 3.05) is 40.9 Å². The van der Waals surface area contributed by atoms with E-state index in [1.807, 2.05) is 27.2 Å². The lowest BCUT2D eigenvalue weighted by Gasteiger charge is -2.25. The Kier molecular flexibility index (Phi) is 54.4. The fourth-order valence-electron chi connectivity index (χ4n) is 9.99. The first-order valence-electron chi connectivity index (χ1n) is 32.1. The highest BCUT2D eigenvalue weighted by molar-refractivity contribution is 7.47. The number of likely N-dealkylation sites (N-methyl/N-ethyl adjacent to an activating group) is 1. The van der Waals surface area contributed by atoms with Gasteiger partial charge in [-0.05, 0) is 19.3 Å². The first-order chi connectivity index (χ1) is 35.0. The van der Waals surface area contributed by atoms with Gasteiger partial charge in [-0.25, -0.2) is 4.57 Å². The Morgan fingerprint density at radius 3 is 1.03 bits per heavy atom. The second-order valence-corrected chi connectivity index (χ2v) is 25.0. The maximum absolute atomic E-state index is 13.0. The molecule has 0 saturated carbocycles. The molecule has 0 aliphatic rings. The molecule has 0 heterocycles. The quantitative estimate of drug-likeness (QED) is 0.0243. The number of hydrogen-bond acceptors (Lipinski definition) is 5. The summed E-state index contributed by atoms with van der Waals surface area (Å²) >= 11 is 0. The Morgan fingerprint density at radius 1 is 0.458 bits per heavy atom. The Balaban J connectivity index is 4.10. The average Bonchev–Trinajstić information content (AvgIpc) is 3.34. The molecule has 8 nitrogen and oxygen atoms in total. The van der Waals surface area contributed by atoms with Crippen molar-refractivity contribution in [2.45, 2.75) is 347 Å². The van der Waals surface area contributed by atoms with E-state index in [2.05, 4.69) is 19.2 Å². The van der Waals surface area contributed by atoms with E-state index in [0.29, 0.717) is 17.4 Å². The number of amides is 1. The van der Waals surface area contributed by atoms with E-state index < -0.39 is 20.0 Å². The van der Waals surface area contributed by atoms with E-state index in [1.165, 1.54) is 283 Å². The average molecular weight is 1040 g/mol. The zero-order valence-corrected chi connectivity index (χ0v) is 50.1. The van der Waals surface area contributed by atoms with Crippen LogP contribution in [0.2, 0.25) is 0 Å². The van der Waals surface area contributed by atoms with Gasteiger partial charge in [-0.1, -0.05) is 321 Å². The molecular formula is C63H128N2O6P+. The number of phosphoric ester groups is 1. The second kappa shape index (κ2) is 55.0. The van der Waals surface area contributed by atoms with Gasteiger partial charge in [0.25, 0.3) is 0 Å². The molecule has 0 fully saturated rings. The smallest absolute Gasteiger partial charge is 0.387 e. The molecule has 0 aliphatic carbocycles. The molecule has 72 heavy (non-hydrogen) atoms. The van der Waals surface area contributed by atoms with E-state index in [0.717, 1.165) is 32.1 Å². The molecule has 3 unspecified atom stereocenters. The number of phosphoric acid groups is 1. The molecule has 1 amide bonds. The number of hydrogen-bond donors (Lipinski definition) is 3. The van der Waals surface area contributed by atoms with Crippen molar-refractivity contribution in [3.8, 4) is 0 Å². The molecule has 0 spiro atoms. The van der Waals surface area contributed by atoms with Crippen LogP contribution in [0.25, 0.3) is 0 Å². The Bertz CT molecular complexity index is 1180. The van der Waals surface area contributed by atoms with Crippen molar-refractivity contribution in [1.29, 1.82) is 0 Å². The lowest BCUT2D eigenvalue weighted by atomic mass is 10.0. The predicted octanol–water partition coefficient (Wildman–Crippen LogP) is 19.8. The number of unbranched alkanes of at least 4 members (excludes halogenated alkanes) is 47. The van der Waals surface area contributed by atoms with Gasteiger partial charge in [0.2, 0.25) is 5.91 Å². The van der Waals surface area contributed by atoms with Crippen LogP contribution in [0.5, 0.6) is 0 Å². The molecule has 0 aromatic heterocycles. The summed E-state index contributed by atoms with van der Waals surface area (Å²) in [5, 5.41) is 14.0. The standard InChI is InChI=1S/C63H127N2O6P/c1-6-8-10-12-14-16-18-20-22-24-26-28-30-32-33-34-36-38-40-42-44-46-48-50-52-54-56-62(66)61(60-71-72(68,69)70-59-58-65(3,4)5)64-63(67)57-55-53-51-49-47-45-43-41-39-37-35-31-29-27-25-23-21-19-17-15-13-11-9-7-2/h54,56,61-62,66H,6-53,55,57-60H2,1-5H3,(H-,64,67,68,69)/p+1/b56-54+. The highest BCUT2D eigenvalue weighted by Crippen LogP contribution is 2.43. The molecular weight excluding hydrogens is 912 g/mol. The van der Waals surface area contributed by atoms with Gasteiger partial charge < -0.3 is 19.8 Å². The maximum atomic E-state index is 13.0. The fraction of sp³-hybridized carbons (Fsp3) is 0.952. The number of carbonyl (C=O) groups is 1. The summed E-state index contributed by atoms with van der Waals surface area (Å²) in [7, 11) is 1.59. The lowest BCUT2D eigenvalue weighted by molar-refractivity contribution is -0.870. The third-order valence-electron chi connectivity index (χ3n) is 15.0. The van der Waals surface area contributed by atoms with Crippen LogP contribution >= 0.6 is 7.82 Å². The highest BCUT2D eigenvalue weighted by Gasteiger charge is 2.28. The van der Waals surface area contributed by atoms with Crippen LogP contribution in [-0.2, 0) is 18.4 Å². The number of nitrogens with one attached hydrogen (secondary N) is 1. The lowest BCUT2D eigenvalue weighted by Crippen LogP contribution is -2.45. The Labute approximate surface area is 450 Å². The summed E-state index contributed by atoms with van der Waals surface area (Å²) in [6.45, 7) is 4.88. The van der Waals surface area contributed by atoms with E-state index in [4.69, 9.17) is 9.05 Å². The molecule has 0 aliphatic heterocycles. The van der Waals surface area contributed by atoms with Gasteiger partial charge in [0, 0.05) is 6.42 Å². The Morgan fingerprint density at radius 2 is 0.736 bits per heavy atom. The first-order valence-corrected chi connectivity index (χ1v) is 33.6. The van der Waals surface area contributed by atoms with Gasteiger partial charge in [0.15, 0.2) is 0 Å². The molecule has 0 bridgehead atoms. The summed E-state index contributed by atoms with van der Waals surface area (Å²) in [4.78, 5) is 23.4. The summed E-state index contributed by atoms with van der Waals surface area (Å²) in [6, 6.07) is -0.843. The molecule has 0 aromatic carbocycles. The molecule has 0 saturated heterocycles. The fourth-order valence-corrected chi connectivity index (χ4v) is 10.7. The number of quaternary nitrogens is 1. The molecule has 0 radical (unpaired) electrons. The van der Waals surface area contributed by atoms with Gasteiger partial charge in [-0.15, -0.1) is 0 Å². The molecule has 0 aromatic rings. The molecule has 430 valence electrons. The van der Waals surface area contributed by atoms with Crippen LogP contribution in [0, 0.1) is 0 Å². The normalized spacial score (nSPS) is 13.8. The van der Waals surface area contributed by atoms with Crippen LogP contribution in [0.15, 0.2) is 12.2 Å². The van der Waals surface area contributed by atoms with Gasteiger partial charge in [0.1, 0.15) is 13.2 Å². The zero-order valence-electron chi connectivity index (χ0n) is 49.2. The molecule has 9 heteroatoms. The van der Waals surface area contributed by atoms with Crippen molar-refractivity contribution >= 4 is 13.7 Å². The molecule has 3 atom stereocenters. The Hall–Kier alpha value is -0.760. The van der Waals surface area contributed by atoms with E-state index in [9.17, 15) is 19.4 Å². The minimum Gasteiger partial charge on any atom is -0.387 e. The van der Waals surface area contributed by atoms with E-state index in [1.54, 1.807) is 6.08 Å². The van der Waals surface area contributed by atoms with Crippen LogP contribution in [0.1, 0.15) is 335 Å². The molecule has 0 rings (SSSR count).